The Kier molecular flexibility index (Phi) is 6.68. The average molecular weight is 385 g/mol. The van der Waals surface area contributed by atoms with Crippen LogP contribution in [0.15, 0.2) is 41.3 Å². The third kappa shape index (κ3) is 4.26. The molecule has 0 amide bonds. The number of hydrogen-bond acceptors (Lipinski definition) is 4. The number of ether oxygens (including phenoxy) is 1. The largest absolute Gasteiger partial charge is 0.493 e. The third-order valence-electron chi connectivity index (χ3n) is 4.53. The second kappa shape index (κ2) is 8.36. The van der Waals surface area contributed by atoms with E-state index in [9.17, 15) is 8.42 Å². The summed E-state index contributed by atoms with van der Waals surface area (Å²) < 4.78 is 34.4. The topological polar surface area (TPSA) is 67.4 Å². The van der Waals surface area contributed by atoms with Gasteiger partial charge in [-0.15, -0.1) is 12.4 Å². The lowest BCUT2D eigenvalue weighted by molar-refractivity contribution is 0.328. The highest BCUT2D eigenvalue weighted by molar-refractivity contribution is 7.89. The van der Waals surface area contributed by atoms with Gasteiger partial charge in [0.2, 0.25) is 10.0 Å². The fourth-order valence-corrected chi connectivity index (χ4v) is 4.80. The Labute approximate surface area is 155 Å². The van der Waals surface area contributed by atoms with Crippen LogP contribution in [0.3, 0.4) is 0 Å². The summed E-state index contributed by atoms with van der Waals surface area (Å²) in [4.78, 5) is 0.312. The van der Waals surface area contributed by atoms with E-state index in [-0.39, 0.29) is 24.4 Å². The molecule has 1 aliphatic heterocycles. The Morgan fingerprint density at radius 3 is 2.60 bits per heavy atom. The first-order chi connectivity index (χ1) is 11.5. The minimum absolute atomic E-state index is 0. The standard InChI is InChI=1S/C18H24N2O3S.ClH/c1-3-23-17-8-9-18(15-7-5-4-6-14(15)17)24(21,22)20-16-10-11-19-12-13(16)2;/h4-9,13,16,19-20H,3,10-12H2,1-2H3;1H. The van der Waals surface area contributed by atoms with E-state index in [1.807, 2.05) is 31.2 Å². The van der Waals surface area contributed by atoms with Crippen molar-refractivity contribution in [3.8, 4) is 5.75 Å². The van der Waals surface area contributed by atoms with Crippen LogP contribution < -0.4 is 14.8 Å². The van der Waals surface area contributed by atoms with Crippen molar-refractivity contribution in [1.82, 2.24) is 10.0 Å². The lowest BCUT2D eigenvalue weighted by Gasteiger charge is -2.30. The molecule has 0 radical (unpaired) electrons. The van der Waals surface area contributed by atoms with Crippen molar-refractivity contribution in [2.45, 2.75) is 31.2 Å². The summed E-state index contributed by atoms with van der Waals surface area (Å²) in [6, 6.07) is 10.8. The van der Waals surface area contributed by atoms with Crippen molar-refractivity contribution in [1.29, 1.82) is 0 Å². The second-order valence-electron chi connectivity index (χ2n) is 6.24. The van der Waals surface area contributed by atoms with E-state index >= 15 is 0 Å². The molecular weight excluding hydrogens is 360 g/mol. The van der Waals surface area contributed by atoms with Gasteiger partial charge in [-0.05, 0) is 44.5 Å². The van der Waals surface area contributed by atoms with Gasteiger partial charge in [-0.2, -0.15) is 0 Å². The fraction of sp³-hybridized carbons (Fsp3) is 0.444. The third-order valence-corrected chi connectivity index (χ3v) is 6.07. The molecule has 25 heavy (non-hydrogen) atoms. The van der Waals surface area contributed by atoms with Crippen molar-refractivity contribution in [3.63, 3.8) is 0 Å². The Bertz CT molecular complexity index is 826. The number of hydrogen-bond donors (Lipinski definition) is 2. The summed E-state index contributed by atoms with van der Waals surface area (Å²) in [5, 5.41) is 4.80. The molecule has 2 N–H and O–H groups in total. The van der Waals surface area contributed by atoms with Crippen molar-refractivity contribution < 1.29 is 13.2 Å². The molecule has 138 valence electrons. The molecule has 3 rings (SSSR count). The molecule has 1 saturated heterocycles. The number of nitrogens with one attached hydrogen (secondary N) is 2. The van der Waals surface area contributed by atoms with Gasteiger partial charge in [-0.3, -0.25) is 0 Å². The summed E-state index contributed by atoms with van der Waals surface area (Å²) in [5.41, 5.74) is 0. The van der Waals surface area contributed by atoms with Crippen LogP contribution in [0.5, 0.6) is 5.75 Å². The van der Waals surface area contributed by atoms with Crippen LogP contribution in [0.1, 0.15) is 20.3 Å². The van der Waals surface area contributed by atoms with Gasteiger partial charge in [0.05, 0.1) is 11.5 Å². The molecular formula is C18H25ClN2O3S. The normalized spacial score (nSPS) is 20.9. The Morgan fingerprint density at radius 2 is 1.92 bits per heavy atom. The van der Waals surface area contributed by atoms with Crippen LogP contribution in [0.25, 0.3) is 10.8 Å². The van der Waals surface area contributed by atoms with Gasteiger partial charge >= 0.3 is 0 Å². The number of halogens is 1. The molecule has 1 heterocycles. The zero-order valence-electron chi connectivity index (χ0n) is 14.5. The molecule has 1 aliphatic rings. The van der Waals surface area contributed by atoms with Crippen LogP contribution >= 0.6 is 12.4 Å². The van der Waals surface area contributed by atoms with Gasteiger partial charge in [-0.25, -0.2) is 13.1 Å². The summed E-state index contributed by atoms with van der Waals surface area (Å²) >= 11 is 0. The van der Waals surface area contributed by atoms with Crippen LogP contribution in [0, 0.1) is 5.92 Å². The maximum atomic E-state index is 13.0. The smallest absolute Gasteiger partial charge is 0.241 e. The van der Waals surface area contributed by atoms with E-state index in [1.165, 1.54) is 0 Å². The van der Waals surface area contributed by atoms with Crippen molar-refractivity contribution in [2.24, 2.45) is 5.92 Å². The predicted molar refractivity (Wildman–Crippen MR) is 103 cm³/mol. The van der Waals surface area contributed by atoms with E-state index in [2.05, 4.69) is 17.0 Å². The molecule has 2 unspecified atom stereocenters. The van der Waals surface area contributed by atoms with E-state index in [0.29, 0.717) is 22.6 Å². The minimum atomic E-state index is -3.58. The molecule has 5 nitrogen and oxygen atoms in total. The fourth-order valence-electron chi connectivity index (χ4n) is 3.21. The van der Waals surface area contributed by atoms with E-state index in [1.54, 1.807) is 12.1 Å². The van der Waals surface area contributed by atoms with E-state index in [4.69, 9.17) is 4.74 Å². The molecule has 7 heteroatoms. The van der Waals surface area contributed by atoms with Crippen molar-refractivity contribution >= 4 is 33.2 Å². The van der Waals surface area contributed by atoms with Gasteiger partial charge in [0.1, 0.15) is 5.75 Å². The van der Waals surface area contributed by atoms with Crippen LogP contribution in [0.2, 0.25) is 0 Å². The van der Waals surface area contributed by atoms with Gasteiger partial charge in [0, 0.05) is 16.8 Å². The zero-order valence-corrected chi connectivity index (χ0v) is 16.1. The Hall–Kier alpha value is -1.34. The maximum Gasteiger partial charge on any atom is 0.241 e. The summed E-state index contributed by atoms with van der Waals surface area (Å²) in [5.74, 6) is 0.977. The second-order valence-corrected chi connectivity index (χ2v) is 7.92. The Morgan fingerprint density at radius 1 is 1.20 bits per heavy atom. The number of fused-ring (bicyclic) bond motifs is 1. The molecule has 2 aromatic carbocycles. The number of piperidine rings is 1. The Balaban J connectivity index is 0.00000225. The van der Waals surface area contributed by atoms with Gasteiger partial charge in [0.15, 0.2) is 0 Å². The summed E-state index contributed by atoms with van der Waals surface area (Å²) in [7, 11) is -3.58. The summed E-state index contributed by atoms with van der Waals surface area (Å²) in [6.45, 7) is 6.19. The van der Waals surface area contributed by atoms with Crippen molar-refractivity contribution in [3.05, 3.63) is 36.4 Å². The highest BCUT2D eigenvalue weighted by Crippen LogP contribution is 2.31. The minimum Gasteiger partial charge on any atom is -0.493 e. The van der Waals surface area contributed by atoms with Gasteiger partial charge < -0.3 is 10.1 Å². The zero-order chi connectivity index (χ0) is 17.2. The molecule has 1 fully saturated rings. The van der Waals surface area contributed by atoms with Gasteiger partial charge in [-0.1, -0.05) is 31.2 Å². The number of rotatable bonds is 5. The molecule has 0 bridgehead atoms. The SMILES string of the molecule is CCOc1ccc(S(=O)(=O)NC2CCNCC2C)c2ccccc12.Cl. The van der Waals surface area contributed by atoms with Crippen LogP contribution in [0.4, 0.5) is 0 Å². The molecule has 0 spiro atoms. The molecule has 0 saturated carbocycles. The van der Waals surface area contributed by atoms with E-state index in [0.717, 1.165) is 24.9 Å². The van der Waals surface area contributed by atoms with E-state index < -0.39 is 10.0 Å². The quantitative estimate of drug-likeness (QED) is 0.831. The first-order valence-corrected chi connectivity index (χ1v) is 9.89. The monoisotopic (exact) mass is 384 g/mol. The van der Waals surface area contributed by atoms with Crippen LogP contribution in [-0.4, -0.2) is 34.2 Å². The summed E-state index contributed by atoms with van der Waals surface area (Å²) in [6.07, 6.45) is 0.801. The van der Waals surface area contributed by atoms with Crippen molar-refractivity contribution in [2.75, 3.05) is 19.7 Å². The number of benzene rings is 2. The number of sulfonamides is 1. The molecule has 0 aromatic heterocycles. The highest BCUT2D eigenvalue weighted by atomic mass is 35.5. The average Bonchev–Trinajstić information content (AvgIpc) is 2.57. The molecule has 2 atom stereocenters. The lowest BCUT2D eigenvalue weighted by atomic mass is 9.97. The van der Waals surface area contributed by atoms with Gasteiger partial charge in [0.25, 0.3) is 0 Å². The van der Waals surface area contributed by atoms with Crippen LogP contribution in [-0.2, 0) is 10.0 Å². The predicted octanol–water partition coefficient (Wildman–Crippen LogP) is 2.94. The lowest BCUT2D eigenvalue weighted by Crippen LogP contribution is -2.48. The first-order valence-electron chi connectivity index (χ1n) is 8.40. The highest BCUT2D eigenvalue weighted by Gasteiger charge is 2.28. The molecule has 0 aliphatic carbocycles. The first kappa shape index (κ1) is 20.0. The maximum absolute atomic E-state index is 13.0. The molecule has 2 aromatic rings.